The van der Waals surface area contributed by atoms with E-state index in [0.717, 1.165) is 44.9 Å². The van der Waals surface area contributed by atoms with Crippen molar-refractivity contribution in [3.05, 3.63) is 0 Å². The predicted molar refractivity (Wildman–Crippen MR) is 77.1 cm³/mol. The fraction of sp³-hybridized carbons (Fsp3) is 0.875. The van der Waals surface area contributed by atoms with Crippen molar-refractivity contribution >= 4 is 11.8 Å². The van der Waals surface area contributed by atoms with Gasteiger partial charge in [0.15, 0.2) is 0 Å². The molecule has 1 N–H and O–H groups in total. The molecule has 3 fully saturated rings. The van der Waals surface area contributed by atoms with Crippen molar-refractivity contribution < 1.29 is 9.59 Å². The molecule has 1 spiro atoms. The molecular formula is C16H26N2O2. The van der Waals surface area contributed by atoms with Crippen LogP contribution in [0.5, 0.6) is 0 Å². The van der Waals surface area contributed by atoms with Crippen LogP contribution in [0.15, 0.2) is 0 Å². The average Bonchev–Trinajstić information content (AvgIpc) is 2.97. The molecule has 4 nitrogen and oxygen atoms in total. The van der Waals surface area contributed by atoms with Crippen LogP contribution in [-0.2, 0) is 9.59 Å². The first-order chi connectivity index (χ1) is 9.68. The van der Waals surface area contributed by atoms with Gasteiger partial charge in [0.2, 0.25) is 11.8 Å². The molecule has 2 saturated carbocycles. The van der Waals surface area contributed by atoms with Gasteiger partial charge in [-0.2, -0.15) is 0 Å². The van der Waals surface area contributed by atoms with E-state index in [1.165, 1.54) is 19.3 Å². The molecule has 1 aliphatic heterocycles. The van der Waals surface area contributed by atoms with Crippen molar-refractivity contribution in [2.75, 3.05) is 0 Å². The number of piperazine rings is 1. The van der Waals surface area contributed by atoms with E-state index in [1.54, 1.807) is 0 Å². The Morgan fingerprint density at radius 3 is 2.35 bits per heavy atom. The molecule has 3 rings (SSSR count). The summed E-state index contributed by atoms with van der Waals surface area (Å²) in [5, 5.41) is 3.11. The van der Waals surface area contributed by atoms with Crippen LogP contribution in [0.25, 0.3) is 0 Å². The van der Waals surface area contributed by atoms with E-state index < -0.39 is 5.54 Å². The Bertz CT molecular complexity index is 395. The van der Waals surface area contributed by atoms with Gasteiger partial charge in [0.25, 0.3) is 0 Å². The summed E-state index contributed by atoms with van der Waals surface area (Å²) in [7, 11) is 0. The minimum atomic E-state index is -0.566. The lowest BCUT2D eigenvalue weighted by molar-refractivity contribution is -0.159. The second kappa shape index (κ2) is 5.38. The van der Waals surface area contributed by atoms with Gasteiger partial charge in [-0.25, -0.2) is 0 Å². The molecule has 112 valence electrons. The Morgan fingerprint density at radius 1 is 1.10 bits per heavy atom. The Hall–Kier alpha value is -1.06. The van der Waals surface area contributed by atoms with E-state index in [2.05, 4.69) is 5.32 Å². The normalized spacial score (nSPS) is 30.9. The number of rotatable bonds is 2. The third kappa shape index (κ3) is 2.13. The first kappa shape index (κ1) is 13.9. The van der Waals surface area contributed by atoms with Gasteiger partial charge < -0.3 is 10.2 Å². The largest absolute Gasteiger partial charge is 0.340 e. The SMILES string of the molecule is CCC1C(=O)NC2(CCCCC2)C(=O)N1C1CCCC1. The van der Waals surface area contributed by atoms with Gasteiger partial charge in [-0.3, -0.25) is 9.59 Å². The standard InChI is InChI=1S/C16H26N2O2/c1-2-13-14(19)17-16(10-6-3-7-11-16)15(20)18(13)12-8-4-5-9-12/h12-13H,2-11H2,1H3,(H,17,19). The monoisotopic (exact) mass is 278 g/mol. The molecule has 4 heteroatoms. The summed E-state index contributed by atoms with van der Waals surface area (Å²) in [6.45, 7) is 2.01. The lowest BCUT2D eigenvalue weighted by Crippen LogP contribution is -2.72. The average molecular weight is 278 g/mol. The molecule has 0 aromatic heterocycles. The van der Waals surface area contributed by atoms with Crippen molar-refractivity contribution in [2.24, 2.45) is 0 Å². The van der Waals surface area contributed by atoms with E-state index in [9.17, 15) is 9.59 Å². The number of carbonyl (C=O) groups excluding carboxylic acids is 2. The van der Waals surface area contributed by atoms with Crippen molar-refractivity contribution in [1.82, 2.24) is 10.2 Å². The second-order valence-electron chi connectivity index (χ2n) is 6.71. The third-order valence-electron chi connectivity index (χ3n) is 5.46. The first-order valence-corrected chi connectivity index (χ1v) is 8.33. The van der Waals surface area contributed by atoms with Crippen LogP contribution in [0, 0.1) is 0 Å². The zero-order chi connectivity index (χ0) is 14.2. The van der Waals surface area contributed by atoms with Crippen LogP contribution in [0.3, 0.4) is 0 Å². The molecule has 3 aliphatic rings. The number of hydrogen-bond donors (Lipinski definition) is 1. The molecule has 20 heavy (non-hydrogen) atoms. The molecule has 2 aliphatic carbocycles. The molecule has 1 heterocycles. The van der Waals surface area contributed by atoms with Crippen molar-refractivity contribution in [2.45, 2.75) is 88.8 Å². The van der Waals surface area contributed by atoms with Crippen LogP contribution in [0.4, 0.5) is 0 Å². The highest BCUT2D eigenvalue weighted by molar-refractivity contribution is 6.00. The maximum absolute atomic E-state index is 13.1. The summed E-state index contributed by atoms with van der Waals surface area (Å²) in [6.07, 6.45) is 10.2. The van der Waals surface area contributed by atoms with Gasteiger partial charge in [0.1, 0.15) is 11.6 Å². The lowest BCUT2D eigenvalue weighted by atomic mass is 9.77. The Morgan fingerprint density at radius 2 is 1.75 bits per heavy atom. The van der Waals surface area contributed by atoms with E-state index in [1.807, 2.05) is 11.8 Å². The topological polar surface area (TPSA) is 49.4 Å². The fourth-order valence-corrected chi connectivity index (χ4v) is 4.37. The second-order valence-corrected chi connectivity index (χ2v) is 6.71. The number of nitrogens with zero attached hydrogens (tertiary/aromatic N) is 1. The maximum atomic E-state index is 13.1. The van der Waals surface area contributed by atoms with Crippen molar-refractivity contribution in [3.8, 4) is 0 Å². The molecule has 0 aromatic carbocycles. The van der Waals surface area contributed by atoms with Crippen LogP contribution < -0.4 is 5.32 Å². The van der Waals surface area contributed by atoms with Gasteiger partial charge >= 0.3 is 0 Å². The van der Waals surface area contributed by atoms with Crippen LogP contribution in [-0.4, -0.2) is 34.3 Å². The van der Waals surface area contributed by atoms with Crippen molar-refractivity contribution in [3.63, 3.8) is 0 Å². The van der Waals surface area contributed by atoms with Gasteiger partial charge in [0, 0.05) is 6.04 Å². The maximum Gasteiger partial charge on any atom is 0.249 e. The Kier molecular flexibility index (Phi) is 3.74. The molecule has 0 aromatic rings. The van der Waals surface area contributed by atoms with Gasteiger partial charge in [-0.05, 0) is 32.1 Å². The van der Waals surface area contributed by atoms with Crippen LogP contribution in [0.2, 0.25) is 0 Å². The fourth-order valence-electron chi connectivity index (χ4n) is 4.37. The van der Waals surface area contributed by atoms with Gasteiger partial charge in [-0.15, -0.1) is 0 Å². The number of hydrogen-bond acceptors (Lipinski definition) is 2. The summed E-state index contributed by atoms with van der Waals surface area (Å²) in [5.41, 5.74) is -0.566. The minimum Gasteiger partial charge on any atom is -0.340 e. The summed E-state index contributed by atoms with van der Waals surface area (Å²) in [5.74, 6) is 0.302. The summed E-state index contributed by atoms with van der Waals surface area (Å²) < 4.78 is 0. The molecule has 0 bridgehead atoms. The van der Waals surface area contributed by atoms with Crippen LogP contribution >= 0.6 is 0 Å². The molecular weight excluding hydrogens is 252 g/mol. The smallest absolute Gasteiger partial charge is 0.249 e. The summed E-state index contributed by atoms with van der Waals surface area (Å²) >= 11 is 0. The molecule has 1 unspecified atom stereocenters. The number of carbonyl (C=O) groups is 2. The molecule has 2 amide bonds. The zero-order valence-electron chi connectivity index (χ0n) is 12.5. The molecule has 1 atom stereocenters. The zero-order valence-corrected chi connectivity index (χ0v) is 12.5. The number of amides is 2. The van der Waals surface area contributed by atoms with Crippen molar-refractivity contribution in [1.29, 1.82) is 0 Å². The Labute approximate surface area is 121 Å². The third-order valence-corrected chi connectivity index (χ3v) is 5.46. The van der Waals surface area contributed by atoms with Crippen LogP contribution in [0.1, 0.15) is 71.1 Å². The lowest BCUT2D eigenvalue weighted by Gasteiger charge is -2.49. The van der Waals surface area contributed by atoms with Gasteiger partial charge in [-0.1, -0.05) is 39.0 Å². The quantitative estimate of drug-likeness (QED) is 0.843. The van der Waals surface area contributed by atoms with Gasteiger partial charge in [0.05, 0.1) is 0 Å². The minimum absolute atomic E-state index is 0.0842. The highest BCUT2D eigenvalue weighted by Gasteiger charge is 2.52. The first-order valence-electron chi connectivity index (χ1n) is 8.33. The predicted octanol–water partition coefficient (Wildman–Crippen LogP) is 2.37. The highest BCUT2D eigenvalue weighted by atomic mass is 16.2. The molecule has 0 radical (unpaired) electrons. The van der Waals surface area contributed by atoms with E-state index in [4.69, 9.17) is 0 Å². The highest BCUT2D eigenvalue weighted by Crippen LogP contribution is 2.37. The van der Waals surface area contributed by atoms with E-state index in [0.29, 0.717) is 6.04 Å². The number of nitrogens with one attached hydrogen (secondary N) is 1. The van der Waals surface area contributed by atoms with E-state index in [-0.39, 0.29) is 17.9 Å². The molecule has 1 saturated heterocycles. The Balaban J connectivity index is 1.90. The summed E-state index contributed by atoms with van der Waals surface area (Å²) in [4.78, 5) is 27.6. The summed E-state index contributed by atoms with van der Waals surface area (Å²) in [6, 6.07) is 0.0652. The van der Waals surface area contributed by atoms with E-state index >= 15 is 0 Å².